The molecule has 1 aliphatic rings. The van der Waals surface area contributed by atoms with E-state index in [1.807, 2.05) is 0 Å². The van der Waals surface area contributed by atoms with Crippen LogP contribution >= 0.6 is 0 Å². The fourth-order valence-electron chi connectivity index (χ4n) is 3.02. The van der Waals surface area contributed by atoms with Gasteiger partial charge in [0.1, 0.15) is 23.0 Å². The molecule has 0 aromatic heterocycles. The number of nitrogens with zero attached hydrogens (tertiary/aromatic N) is 1. The van der Waals surface area contributed by atoms with Gasteiger partial charge in [0.25, 0.3) is 5.91 Å². The van der Waals surface area contributed by atoms with Gasteiger partial charge in [-0.05, 0) is 49.7 Å². The number of benzene rings is 2. The second-order valence-corrected chi connectivity index (χ2v) is 7.04. The van der Waals surface area contributed by atoms with Crippen LogP contribution in [0.1, 0.15) is 36.7 Å². The molecule has 1 atom stereocenters. The average Bonchev–Trinajstić information content (AvgIpc) is 2.54. The Kier molecular flexibility index (Phi) is 4.73. The van der Waals surface area contributed by atoms with Crippen molar-refractivity contribution in [2.45, 2.75) is 38.9 Å². The van der Waals surface area contributed by atoms with Gasteiger partial charge in [-0.1, -0.05) is 0 Å². The third-order valence-electron chi connectivity index (χ3n) is 4.52. The lowest BCUT2D eigenvalue weighted by Gasteiger charge is -2.37. The van der Waals surface area contributed by atoms with Crippen molar-refractivity contribution in [2.75, 3.05) is 4.90 Å². The van der Waals surface area contributed by atoms with E-state index in [1.54, 1.807) is 26.0 Å². The molecular weight excluding hydrogens is 356 g/mol. The van der Waals surface area contributed by atoms with Crippen molar-refractivity contribution in [3.63, 3.8) is 0 Å². The highest BCUT2D eigenvalue weighted by Gasteiger charge is 2.36. The van der Waals surface area contributed by atoms with Crippen molar-refractivity contribution >= 4 is 17.5 Å². The largest absolute Gasteiger partial charge is 0.485 e. The van der Waals surface area contributed by atoms with E-state index in [0.29, 0.717) is 17.4 Å². The second-order valence-electron chi connectivity index (χ2n) is 7.04. The number of rotatable bonds is 2. The number of carbonyl (C=O) groups is 2. The molecule has 142 valence electrons. The number of carbonyl (C=O) groups excluding carboxylic acids is 2. The molecule has 1 heterocycles. The fraction of sp³-hybridized carbons (Fsp3) is 0.300. The van der Waals surface area contributed by atoms with Crippen LogP contribution in [0.25, 0.3) is 0 Å². The van der Waals surface area contributed by atoms with E-state index in [-0.39, 0.29) is 17.7 Å². The number of anilines is 1. The molecule has 1 aliphatic heterocycles. The van der Waals surface area contributed by atoms with Crippen LogP contribution in [0.5, 0.6) is 5.75 Å². The van der Waals surface area contributed by atoms with Crippen LogP contribution in [0.3, 0.4) is 0 Å². The first-order chi connectivity index (χ1) is 12.6. The van der Waals surface area contributed by atoms with E-state index in [2.05, 4.69) is 0 Å². The molecule has 0 spiro atoms. The van der Waals surface area contributed by atoms with E-state index in [0.717, 1.165) is 17.0 Å². The number of fused-ring (bicyclic) bond motifs is 1. The Morgan fingerprint density at radius 3 is 2.37 bits per heavy atom. The number of aliphatic hydroxyl groups is 1. The molecule has 5 nitrogen and oxygen atoms in total. The molecule has 27 heavy (non-hydrogen) atoms. The lowest BCUT2D eigenvalue weighted by molar-refractivity contribution is -0.115. The molecule has 0 saturated carbocycles. The van der Waals surface area contributed by atoms with E-state index in [1.165, 1.54) is 13.0 Å². The zero-order valence-corrected chi connectivity index (χ0v) is 15.1. The first-order valence-corrected chi connectivity index (χ1v) is 8.39. The molecule has 1 unspecified atom stereocenters. The molecule has 0 aliphatic carbocycles. The zero-order chi connectivity index (χ0) is 19.9. The molecule has 0 bridgehead atoms. The number of imide groups is 1. The Hall–Kier alpha value is -2.80. The maximum Gasteiger partial charge on any atom is 0.265 e. The maximum absolute atomic E-state index is 13.5. The molecule has 3 rings (SSSR count). The van der Waals surface area contributed by atoms with Crippen molar-refractivity contribution < 1.29 is 28.2 Å². The second kappa shape index (κ2) is 6.74. The zero-order valence-electron chi connectivity index (χ0n) is 15.1. The minimum absolute atomic E-state index is 0.228. The van der Waals surface area contributed by atoms with E-state index in [9.17, 15) is 23.5 Å². The van der Waals surface area contributed by atoms with Gasteiger partial charge >= 0.3 is 0 Å². The average molecular weight is 375 g/mol. The van der Waals surface area contributed by atoms with Crippen molar-refractivity contribution in [3.05, 3.63) is 59.2 Å². The number of hydrogen-bond acceptors (Lipinski definition) is 4. The minimum Gasteiger partial charge on any atom is -0.485 e. The standard InChI is InChI=1S/C20H19F2NO4/c1-11(24)23(19(26)13-6-14(21)10-15(22)7-13)16-4-5-17-12(8-16)9-18(25)20(2,3)27-17/h4-8,10,18,25H,9H2,1-3H3. The minimum atomic E-state index is -0.911. The van der Waals surface area contributed by atoms with Crippen LogP contribution in [0, 0.1) is 11.6 Å². The first kappa shape index (κ1) is 19.0. The Bertz CT molecular complexity index is 906. The molecular formula is C20H19F2NO4. The van der Waals surface area contributed by atoms with Gasteiger partial charge in [0.15, 0.2) is 0 Å². The van der Waals surface area contributed by atoms with Gasteiger partial charge in [0, 0.05) is 25.0 Å². The van der Waals surface area contributed by atoms with Gasteiger partial charge in [-0.2, -0.15) is 0 Å². The van der Waals surface area contributed by atoms with E-state index >= 15 is 0 Å². The smallest absolute Gasteiger partial charge is 0.265 e. The quantitative estimate of drug-likeness (QED) is 0.875. The third-order valence-corrected chi connectivity index (χ3v) is 4.52. The van der Waals surface area contributed by atoms with Gasteiger partial charge in [-0.3, -0.25) is 9.59 Å². The van der Waals surface area contributed by atoms with Crippen LogP contribution in [-0.4, -0.2) is 28.6 Å². The number of ether oxygens (including phenoxy) is 1. The predicted octanol–water partition coefficient (Wildman–Crippen LogP) is 3.23. The summed E-state index contributed by atoms with van der Waals surface area (Å²) < 4.78 is 32.7. The molecule has 2 aromatic rings. The Balaban J connectivity index is 2.00. The first-order valence-electron chi connectivity index (χ1n) is 8.39. The van der Waals surface area contributed by atoms with Gasteiger partial charge in [-0.15, -0.1) is 0 Å². The van der Waals surface area contributed by atoms with Gasteiger partial charge in [-0.25, -0.2) is 13.7 Å². The van der Waals surface area contributed by atoms with Gasteiger partial charge in [0.05, 0.1) is 11.8 Å². The van der Waals surface area contributed by atoms with E-state index < -0.39 is 35.2 Å². The molecule has 0 radical (unpaired) electrons. The molecule has 2 aromatic carbocycles. The van der Waals surface area contributed by atoms with Crippen molar-refractivity contribution in [1.82, 2.24) is 0 Å². The summed E-state index contributed by atoms with van der Waals surface area (Å²) in [5.74, 6) is -2.74. The summed E-state index contributed by atoms with van der Waals surface area (Å²) in [5.41, 5.74) is -0.183. The summed E-state index contributed by atoms with van der Waals surface area (Å²) in [6.45, 7) is 4.71. The summed E-state index contributed by atoms with van der Waals surface area (Å²) in [6.07, 6.45) is -0.482. The Morgan fingerprint density at radius 1 is 1.15 bits per heavy atom. The molecule has 1 N–H and O–H groups in total. The fourth-order valence-corrected chi connectivity index (χ4v) is 3.02. The summed E-state index contributed by atoms with van der Waals surface area (Å²) in [4.78, 5) is 25.7. The summed E-state index contributed by atoms with van der Waals surface area (Å²) in [7, 11) is 0. The van der Waals surface area contributed by atoms with Gasteiger partial charge < -0.3 is 9.84 Å². The van der Waals surface area contributed by atoms with Crippen molar-refractivity contribution in [2.24, 2.45) is 0 Å². The summed E-state index contributed by atoms with van der Waals surface area (Å²) >= 11 is 0. The number of halogens is 2. The number of hydrogen-bond donors (Lipinski definition) is 1. The van der Waals surface area contributed by atoms with Crippen molar-refractivity contribution in [3.8, 4) is 5.75 Å². The summed E-state index contributed by atoms with van der Waals surface area (Å²) in [5, 5.41) is 10.2. The predicted molar refractivity (Wildman–Crippen MR) is 94.7 cm³/mol. The third kappa shape index (κ3) is 3.68. The van der Waals surface area contributed by atoms with Crippen LogP contribution in [0.4, 0.5) is 14.5 Å². The number of aliphatic hydroxyl groups excluding tert-OH is 1. The van der Waals surface area contributed by atoms with Crippen molar-refractivity contribution in [1.29, 1.82) is 0 Å². The molecule has 7 heteroatoms. The maximum atomic E-state index is 13.5. The molecule has 0 saturated heterocycles. The highest BCUT2D eigenvalue weighted by Crippen LogP contribution is 2.36. The lowest BCUT2D eigenvalue weighted by atomic mass is 9.91. The lowest BCUT2D eigenvalue weighted by Crippen LogP contribution is -2.46. The Labute approximate surface area is 155 Å². The topological polar surface area (TPSA) is 66.8 Å². The monoisotopic (exact) mass is 375 g/mol. The molecule has 0 fully saturated rings. The van der Waals surface area contributed by atoms with Crippen LogP contribution in [0.2, 0.25) is 0 Å². The normalized spacial score (nSPS) is 17.6. The molecule has 2 amide bonds. The van der Waals surface area contributed by atoms with E-state index in [4.69, 9.17) is 4.74 Å². The SMILES string of the molecule is CC(=O)N(C(=O)c1cc(F)cc(F)c1)c1ccc2c(c1)CC(O)C(C)(C)O2. The Morgan fingerprint density at radius 2 is 1.78 bits per heavy atom. The summed E-state index contributed by atoms with van der Waals surface area (Å²) in [6, 6.07) is 7.07. The van der Waals surface area contributed by atoms with Crippen LogP contribution in [0.15, 0.2) is 36.4 Å². The van der Waals surface area contributed by atoms with Crippen LogP contribution < -0.4 is 9.64 Å². The highest BCUT2D eigenvalue weighted by molar-refractivity contribution is 6.20. The highest BCUT2D eigenvalue weighted by atomic mass is 19.1. The van der Waals surface area contributed by atoms with Gasteiger partial charge in [0.2, 0.25) is 5.91 Å². The van der Waals surface area contributed by atoms with Crippen LogP contribution in [-0.2, 0) is 11.2 Å². The number of amides is 2.